The number of hydrogen-bond donors (Lipinski definition) is 4. The lowest BCUT2D eigenvalue weighted by atomic mass is 10.0. The third kappa shape index (κ3) is 102. The van der Waals surface area contributed by atoms with Crippen LogP contribution in [0.1, 0.15) is 419 Å². The average Bonchev–Trinajstić information content (AvgIpc) is 0.899. The summed E-state index contributed by atoms with van der Waals surface area (Å²) in [6.07, 6.45) is 137. The lowest BCUT2D eigenvalue weighted by Gasteiger charge is -2.21. The second-order valence-electron chi connectivity index (χ2n) is 33.8. The SMILES string of the molecule is CC/C=C\C/C=C\C/C=C\C/C=C\C/C=C\C/C=C\CCCCCCCCCCCCCCCCCCC(=O)OCC(O)COP(=O)(O)OCC(O)COP(=O)(O)OCC(COC(=O)CCCCCCCCCCCCCCCCCC/C=C\C/C=C\C/C=C\C/C=C\C/C=C\C/C=C\CC)OC(=O)CCCCCCCCC/C=C\C/C=C\C/C=C\C/C=C\C/C=C\CC. The lowest BCUT2D eigenvalue weighted by molar-refractivity contribution is -0.161. The van der Waals surface area contributed by atoms with E-state index >= 15 is 0 Å². The summed E-state index contributed by atoms with van der Waals surface area (Å²) in [6, 6.07) is 0. The maximum Gasteiger partial charge on any atom is 0.472 e. The van der Waals surface area contributed by atoms with Crippen LogP contribution in [-0.4, -0.2) is 95.9 Å². The summed E-state index contributed by atoms with van der Waals surface area (Å²) in [5.41, 5.74) is 0. The molecule has 0 saturated heterocycles. The van der Waals surface area contributed by atoms with E-state index in [1.54, 1.807) is 0 Å². The molecule has 0 saturated carbocycles. The van der Waals surface area contributed by atoms with Crippen molar-refractivity contribution in [3.63, 3.8) is 0 Å². The number of hydrogen-bond acceptors (Lipinski definition) is 14. The molecule has 736 valence electrons. The van der Waals surface area contributed by atoms with E-state index in [1.165, 1.54) is 167 Å². The summed E-state index contributed by atoms with van der Waals surface area (Å²) in [4.78, 5) is 59.2. The minimum absolute atomic E-state index is 0.0871. The molecule has 18 heteroatoms. The third-order valence-electron chi connectivity index (χ3n) is 21.5. The van der Waals surface area contributed by atoms with E-state index in [2.05, 4.69) is 227 Å². The van der Waals surface area contributed by atoms with Gasteiger partial charge in [0.25, 0.3) is 0 Å². The number of phosphoric acid groups is 2. The van der Waals surface area contributed by atoms with Crippen LogP contribution in [0.3, 0.4) is 0 Å². The molecule has 0 aromatic rings. The van der Waals surface area contributed by atoms with Crippen molar-refractivity contribution in [3.05, 3.63) is 207 Å². The van der Waals surface area contributed by atoms with E-state index < -0.39 is 91.5 Å². The molecule has 0 amide bonds. The number of unbranched alkanes of at least 4 members (excludes halogenated alkanes) is 39. The van der Waals surface area contributed by atoms with Crippen LogP contribution in [0.25, 0.3) is 0 Å². The Labute approximate surface area is 788 Å². The van der Waals surface area contributed by atoms with Crippen LogP contribution in [0.4, 0.5) is 0 Å². The van der Waals surface area contributed by atoms with Crippen LogP contribution in [0.2, 0.25) is 0 Å². The minimum atomic E-state index is -4.95. The van der Waals surface area contributed by atoms with Gasteiger partial charge in [-0.3, -0.25) is 32.5 Å². The van der Waals surface area contributed by atoms with Crippen molar-refractivity contribution in [2.75, 3.05) is 39.6 Å². The smallest absolute Gasteiger partial charge is 0.463 e. The standard InChI is InChI=1S/C111H186O16P2/c1-4-7-10-13-16-19-22-25-28-31-34-37-40-42-44-46-48-50-52-54-56-58-60-62-65-67-70-73-76-79-82-85-88-91-94-97-109(114)121-100-106(112)101-123-128(117,118)124-102-107(113)103-125-129(119,120)126-105-108(127-111(116)99-96-93-90-87-84-81-78-75-72-69-64-39-36-33-30-27-24-21-18-15-12-9-6-3)104-122-110(115)98-95-92-89-86-83-80-77-74-71-68-66-63-61-59-57-55-53-51-49-47-45-43-41-38-35-32-29-26-23-20-17-14-11-8-5-2/h7-12,16-21,25-30,34-39,42-45,48-51,69,72,106-108,112-113H,4-6,13-15,22-24,31-33,40-41,46-47,52-68,70-71,73-105H2,1-3H3,(H,117,118)(H,119,120)/b10-7-,11-8-,12-9-,19-16-,20-17-,21-18-,28-25-,29-26-,30-27-,37-34-,38-35-,39-36-,44-42-,45-43-,50-48-,51-49-,72-69-. The molecule has 0 aliphatic heterocycles. The Morgan fingerprint density at radius 1 is 0.217 bits per heavy atom. The van der Waals surface area contributed by atoms with E-state index in [0.717, 1.165) is 193 Å². The molecule has 0 fully saturated rings. The molecule has 5 atom stereocenters. The number of esters is 3. The molecular weight excluding hydrogens is 1650 g/mol. The molecule has 0 radical (unpaired) electrons. The summed E-state index contributed by atoms with van der Waals surface area (Å²) >= 11 is 0. The van der Waals surface area contributed by atoms with Crippen LogP contribution in [0, 0.1) is 0 Å². The Morgan fingerprint density at radius 3 is 0.612 bits per heavy atom. The maximum atomic E-state index is 13.1. The summed E-state index contributed by atoms with van der Waals surface area (Å²) in [7, 11) is -9.83. The number of phosphoric ester groups is 2. The number of aliphatic hydroxyl groups excluding tert-OH is 2. The van der Waals surface area contributed by atoms with E-state index in [0.29, 0.717) is 19.3 Å². The van der Waals surface area contributed by atoms with Crippen LogP contribution < -0.4 is 0 Å². The van der Waals surface area contributed by atoms with E-state index in [1.807, 2.05) is 0 Å². The molecule has 0 spiro atoms. The number of aliphatic hydroxyl groups is 2. The molecule has 5 unspecified atom stereocenters. The van der Waals surface area contributed by atoms with Crippen molar-refractivity contribution in [2.24, 2.45) is 0 Å². The number of carbonyl (C=O) groups excluding carboxylic acids is 3. The van der Waals surface area contributed by atoms with Crippen molar-refractivity contribution in [3.8, 4) is 0 Å². The molecule has 4 N–H and O–H groups in total. The van der Waals surface area contributed by atoms with Gasteiger partial charge < -0.3 is 34.2 Å². The molecule has 0 aliphatic rings. The predicted molar refractivity (Wildman–Crippen MR) is 546 cm³/mol. The van der Waals surface area contributed by atoms with Crippen LogP contribution >= 0.6 is 15.6 Å². The highest BCUT2D eigenvalue weighted by atomic mass is 31.2. The molecule has 0 aromatic heterocycles. The third-order valence-corrected chi connectivity index (χ3v) is 23.4. The van der Waals surface area contributed by atoms with E-state index in [-0.39, 0.29) is 19.3 Å². The van der Waals surface area contributed by atoms with Gasteiger partial charge in [0.1, 0.15) is 25.4 Å². The molecule has 0 bridgehead atoms. The Kier molecular flexibility index (Phi) is 96.5. The molecule has 16 nitrogen and oxygen atoms in total. The maximum absolute atomic E-state index is 13.1. The Balaban J connectivity index is 4.57. The first kappa shape index (κ1) is 123. The fraction of sp³-hybridized carbons (Fsp3) is 0.667. The fourth-order valence-corrected chi connectivity index (χ4v) is 15.4. The first-order chi connectivity index (χ1) is 63.2. The Hall–Kier alpha value is -5.87. The summed E-state index contributed by atoms with van der Waals surface area (Å²) in [5.74, 6) is -1.58. The van der Waals surface area contributed by atoms with Crippen molar-refractivity contribution in [1.29, 1.82) is 0 Å². The molecule has 0 rings (SSSR count). The molecule has 0 aromatic carbocycles. The van der Waals surface area contributed by atoms with Gasteiger partial charge in [-0.05, 0) is 167 Å². The minimum Gasteiger partial charge on any atom is -0.463 e. The van der Waals surface area contributed by atoms with Crippen molar-refractivity contribution in [2.45, 2.75) is 437 Å². The van der Waals surface area contributed by atoms with Crippen molar-refractivity contribution < 1.29 is 75.8 Å². The second kappa shape index (κ2) is 101. The van der Waals surface area contributed by atoms with Gasteiger partial charge in [-0.15, -0.1) is 0 Å². The van der Waals surface area contributed by atoms with Crippen molar-refractivity contribution in [1.82, 2.24) is 0 Å². The zero-order valence-electron chi connectivity index (χ0n) is 81.5. The van der Waals surface area contributed by atoms with Crippen LogP contribution in [-0.2, 0) is 55.8 Å². The zero-order chi connectivity index (χ0) is 93.5. The van der Waals surface area contributed by atoms with E-state index in [9.17, 15) is 43.5 Å². The first-order valence-electron chi connectivity index (χ1n) is 51.4. The normalized spacial score (nSPS) is 14.5. The van der Waals surface area contributed by atoms with Gasteiger partial charge in [0.2, 0.25) is 0 Å². The van der Waals surface area contributed by atoms with Gasteiger partial charge in [0, 0.05) is 19.3 Å². The number of allylic oxidation sites excluding steroid dienone is 34. The summed E-state index contributed by atoms with van der Waals surface area (Å²) in [6.45, 7) is 2.38. The van der Waals surface area contributed by atoms with Gasteiger partial charge in [-0.25, -0.2) is 9.13 Å². The summed E-state index contributed by atoms with van der Waals surface area (Å²) < 4.78 is 61.7. The highest BCUT2D eigenvalue weighted by Gasteiger charge is 2.30. The lowest BCUT2D eigenvalue weighted by Crippen LogP contribution is -2.30. The summed E-state index contributed by atoms with van der Waals surface area (Å²) in [5, 5.41) is 20.8. The van der Waals surface area contributed by atoms with Gasteiger partial charge in [0.15, 0.2) is 6.10 Å². The van der Waals surface area contributed by atoms with Crippen LogP contribution in [0.15, 0.2) is 207 Å². The highest BCUT2D eigenvalue weighted by Crippen LogP contribution is 2.45. The quantitative estimate of drug-likeness (QED) is 0.0146. The second-order valence-corrected chi connectivity index (χ2v) is 36.8. The molecule has 129 heavy (non-hydrogen) atoms. The first-order valence-corrected chi connectivity index (χ1v) is 54.4. The topological polar surface area (TPSA) is 231 Å². The van der Waals surface area contributed by atoms with Gasteiger partial charge >= 0.3 is 33.6 Å². The fourth-order valence-electron chi connectivity index (χ4n) is 13.8. The van der Waals surface area contributed by atoms with Gasteiger partial charge in [-0.1, -0.05) is 439 Å². The molecule has 0 heterocycles. The average molecular weight is 1840 g/mol. The molecular formula is C111H186O16P2. The number of rotatable bonds is 96. The molecule has 0 aliphatic carbocycles. The predicted octanol–water partition coefficient (Wildman–Crippen LogP) is 32.7. The Bertz CT molecular complexity index is 3180. The Morgan fingerprint density at radius 2 is 0.388 bits per heavy atom. The zero-order valence-corrected chi connectivity index (χ0v) is 83.3. The highest BCUT2D eigenvalue weighted by molar-refractivity contribution is 7.47. The van der Waals surface area contributed by atoms with Crippen LogP contribution in [0.5, 0.6) is 0 Å². The van der Waals surface area contributed by atoms with Gasteiger partial charge in [-0.2, -0.15) is 0 Å². The largest absolute Gasteiger partial charge is 0.472 e. The van der Waals surface area contributed by atoms with Crippen molar-refractivity contribution >= 4 is 33.6 Å². The van der Waals surface area contributed by atoms with Gasteiger partial charge in [0.05, 0.1) is 26.4 Å². The number of ether oxygens (including phenoxy) is 3. The number of carbonyl (C=O) groups is 3. The van der Waals surface area contributed by atoms with E-state index in [4.69, 9.17) is 32.3 Å². The monoisotopic (exact) mass is 1840 g/mol.